The fourth-order valence-corrected chi connectivity index (χ4v) is 7.95. The van der Waals surface area contributed by atoms with E-state index in [1.165, 1.54) is 4.90 Å². The Morgan fingerprint density at radius 2 is 1.30 bits per heavy atom. The normalized spacial score (nSPS) is 11.7. The summed E-state index contributed by atoms with van der Waals surface area (Å²) in [6.07, 6.45) is 9.88. The van der Waals surface area contributed by atoms with E-state index in [1.54, 1.807) is 75.9 Å². The number of carbonyl (C=O) groups excluding carboxylic acids is 1. The van der Waals surface area contributed by atoms with Crippen molar-refractivity contribution in [2.24, 2.45) is 0 Å². The molecule has 0 aliphatic rings. The highest BCUT2D eigenvalue weighted by Crippen LogP contribution is 2.33. The summed E-state index contributed by atoms with van der Waals surface area (Å²) in [5.41, 5.74) is 6.94. The number of halogens is 4. The zero-order valence-electron chi connectivity index (χ0n) is 37.6. The number of aliphatic hydroxyl groups excluding tert-OH is 1. The summed E-state index contributed by atoms with van der Waals surface area (Å²) in [5.74, 6) is 1.04. The van der Waals surface area contributed by atoms with E-state index in [1.807, 2.05) is 91.3 Å². The lowest BCUT2D eigenvalue weighted by Crippen LogP contribution is -2.37. The molecule has 17 heteroatoms. The van der Waals surface area contributed by atoms with Gasteiger partial charge in [0.25, 0.3) is 0 Å². The maximum absolute atomic E-state index is 13.0. The number of hydrogen-bond acceptors (Lipinski definition) is 9. The molecule has 0 spiro atoms. The summed E-state index contributed by atoms with van der Waals surface area (Å²) >= 11 is 24.8. The number of nitrogens with one attached hydrogen (secondary N) is 4. The number of rotatable bonds is 10. The number of carbonyl (C=O) groups is 1. The first kappa shape index (κ1) is 48.5. The van der Waals surface area contributed by atoms with Gasteiger partial charge in [0.05, 0.1) is 6.54 Å². The van der Waals surface area contributed by atoms with Crippen molar-refractivity contribution in [2.45, 2.75) is 52.0 Å². The second kappa shape index (κ2) is 22.0. The highest BCUT2D eigenvalue weighted by atomic mass is 35.5. The van der Waals surface area contributed by atoms with E-state index in [9.17, 15) is 9.90 Å². The van der Waals surface area contributed by atoms with Crippen LogP contribution in [-0.2, 0) is 24.2 Å². The van der Waals surface area contributed by atoms with Gasteiger partial charge in [-0.25, -0.2) is 29.7 Å². The van der Waals surface area contributed by atoms with Crippen LogP contribution < -0.4 is 10.2 Å². The zero-order chi connectivity index (χ0) is 48.5. The second-order valence-electron chi connectivity index (χ2n) is 16.7. The largest absolute Gasteiger partial charge is 0.443 e. The first-order valence-corrected chi connectivity index (χ1v) is 23.2. The molecule has 8 heterocycles. The van der Waals surface area contributed by atoms with Crippen LogP contribution in [0.4, 0.5) is 16.4 Å². The Balaban J connectivity index is 0.000000160. The third-order valence-electron chi connectivity index (χ3n) is 10.6. The molecule has 2 aromatic carbocycles. The Kier molecular flexibility index (Phi) is 15.4. The first-order valence-electron chi connectivity index (χ1n) is 21.7. The van der Waals surface area contributed by atoms with Gasteiger partial charge in [-0.05, 0) is 128 Å². The smallest absolute Gasteiger partial charge is 0.416 e. The Hall–Kier alpha value is -7.00. The SMILES string of the molecule is CC(C)(C)OC(=O)N(Cc1ccc(Cl)cc1)c1ccc(C(O)c2c[nH]c3ncccc23)c(Cl)n1.Clc1ccc(CNc2ccc(Cc3c[nH]c4ncccc34)c(Cl)n2)cc1.c1cnc2[nH]ccc2c1. The molecule has 1 unspecified atom stereocenters. The summed E-state index contributed by atoms with van der Waals surface area (Å²) in [6, 6.07) is 35.7. The van der Waals surface area contributed by atoms with Crippen LogP contribution >= 0.6 is 46.4 Å². The predicted octanol–water partition coefficient (Wildman–Crippen LogP) is 13.3. The van der Waals surface area contributed by atoms with Crippen molar-refractivity contribution in [3.05, 3.63) is 206 Å². The number of H-pyrrole nitrogens is 3. The number of aliphatic hydroxyl groups is 1. The van der Waals surface area contributed by atoms with Crippen LogP contribution in [0, 0.1) is 0 Å². The van der Waals surface area contributed by atoms with Gasteiger partial charge in [-0.3, -0.25) is 4.90 Å². The number of aromatic amines is 3. The number of nitrogens with zero attached hydrogens (tertiary/aromatic N) is 6. The summed E-state index contributed by atoms with van der Waals surface area (Å²) in [4.78, 5) is 45.2. The van der Waals surface area contributed by atoms with Gasteiger partial charge in [0.1, 0.15) is 50.6 Å². The van der Waals surface area contributed by atoms with Gasteiger partial charge in [-0.1, -0.05) is 76.7 Å². The van der Waals surface area contributed by atoms with E-state index in [-0.39, 0.29) is 11.7 Å². The maximum Gasteiger partial charge on any atom is 0.416 e. The number of amides is 1. The highest BCUT2D eigenvalue weighted by Gasteiger charge is 2.27. The molecule has 0 bridgehead atoms. The van der Waals surface area contributed by atoms with Gasteiger partial charge in [0, 0.05) is 87.5 Å². The van der Waals surface area contributed by atoms with Crippen molar-refractivity contribution >= 4 is 97.2 Å². The molecule has 350 valence electrons. The molecule has 0 aliphatic heterocycles. The van der Waals surface area contributed by atoms with Crippen molar-refractivity contribution in [3.8, 4) is 0 Å². The first-order chi connectivity index (χ1) is 33.3. The number of benzene rings is 2. The standard InChI is InChI=1S/C25H24Cl2N4O3.C20H16Cl2N4.C7H6N2/c1-25(2,3)34-24(33)31(14-15-6-8-16(26)9-7-15)20-11-10-18(22(27)30-20)21(32)19-13-29-23-17(19)5-4-12-28-23;21-16-6-3-13(4-7-16)11-24-18-8-5-14(19(22)26-18)10-15-12-25-20-17(15)2-1-9-23-20;1-2-6-3-5-9-7(6)8-4-1/h4-13,21,32H,14H2,1-3H3,(H,28,29);1-9,12H,10-11H2,(H,23,25)(H,24,26);1-5H,(H,8,9). The minimum Gasteiger partial charge on any atom is -0.443 e. The summed E-state index contributed by atoms with van der Waals surface area (Å²) in [6.45, 7) is 6.24. The molecule has 1 atom stereocenters. The number of fused-ring (bicyclic) bond motifs is 3. The average molecular weight is 1000 g/mol. The van der Waals surface area contributed by atoms with E-state index in [4.69, 9.17) is 51.1 Å². The lowest BCUT2D eigenvalue weighted by Gasteiger charge is -2.27. The minimum absolute atomic E-state index is 0.0768. The van der Waals surface area contributed by atoms with Crippen LogP contribution in [0.3, 0.4) is 0 Å². The lowest BCUT2D eigenvalue weighted by atomic mass is 10.0. The third-order valence-corrected chi connectivity index (χ3v) is 11.8. The van der Waals surface area contributed by atoms with E-state index >= 15 is 0 Å². The number of pyridine rings is 5. The molecular formula is C52H46Cl4N10O3. The van der Waals surface area contributed by atoms with E-state index in [0.29, 0.717) is 45.7 Å². The minimum atomic E-state index is -1.03. The van der Waals surface area contributed by atoms with E-state index in [0.717, 1.165) is 60.5 Å². The lowest BCUT2D eigenvalue weighted by molar-refractivity contribution is 0.0576. The van der Waals surface area contributed by atoms with Crippen molar-refractivity contribution in [1.29, 1.82) is 0 Å². The van der Waals surface area contributed by atoms with Crippen LogP contribution in [0.1, 0.15) is 60.3 Å². The fraction of sp³-hybridized carbons (Fsp3) is 0.154. The molecule has 5 N–H and O–H groups in total. The molecule has 0 aliphatic carbocycles. The molecule has 0 radical (unpaired) electrons. The molecule has 10 rings (SSSR count). The van der Waals surface area contributed by atoms with E-state index < -0.39 is 17.8 Å². The Morgan fingerprint density at radius 1 is 0.667 bits per heavy atom. The number of ether oxygens (including phenoxy) is 1. The number of hydrogen-bond donors (Lipinski definition) is 5. The maximum atomic E-state index is 13.0. The van der Waals surface area contributed by atoms with E-state index in [2.05, 4.69) is 51.3 Å². The molecule has 13 nitrogen and oxygen atoms in total. The van der Waals surface area contributed by atoms with Crippen molar-refractivity contribution in [1.82, 2.24) is 39.9 Å². The van der Waals surface area contributed by atoms with Crippen LogP contribution in [0.25, 0.3) is 33.1 Å². The highest BCUT2D eigenvalue weighted by molar-refractivity contribution is 6.31. The van der Waals surface area contributed by atoms with Gasteiger partial charge in [0.15, 0.2) is 0 Å². The molecule has 10 aromatic rings. The Bertz CT molecular complexity index is 3290. The monoisotopic (exact) mass is 998 g/mol. The molecule has 8 aromatic heterocycles. The number of anilines is 2. The molecular weight excluding hydrogens is 954 g/mol. The summed E-state index contributed by atoms with van der Waals surface area (Å²) < 4.78 is 5.59. The zero-order valence-corrected chi connectivity index (χ0v) is 40.6. The summed E-state index contributed by atoms with van der Waals surface area (Å²) in [5, 5.41) is 19.3. The Morgan fingerprint density at radius 3 is 1.97 bits per heavy atom. The summed E-state index contributed by atoms with van der Waals surface area (Å²) in [7, 11) is 0. The van der Waals surface area contributed by atoms with Crippen LogP contribution in [0.5, 0.6) is 0 Å². The van der Waals surface area contributed by atoms with Crippen molar-refractivity contribution in [3.63, 3.8) is 0 Å². The fourth-order valence-electron chi connectivity index (χ4n) is 7.22. The van der Waals surface area contributed by atoms with Crippen LogP contribution in [0.2, 0.25) is 20.4 Å². The molecule has 69 heavy (non-hydrogen) atoms. The van der Waals surface area contributed by atoms with Gasteiger partial charge in [-0.2, -0.15) is 0 Å². The molecule has 0 saturated heterocycles. The van der Waals surface area contributed by atoms with Gasteiger partial charge in [-0.15, -0.1) is 0 Å². The average Bonchev–Trinajstić information content (AvgIpc) is 4.11. The topological polar surface area (TPSA) is 174 Å². The molecule has 1 amide bonds. The second-order valence-corrected chi connectivity index (χ2v) is 18.3. The predicted molar refractivity (Wildman–Crippen MR) is 276 cm³/mol. The molecule has 0 saturated carbocycles. The van der Waals surface area contributed by atoms with Crippen molar-refractivity contribution < 1.29 is 14.6 Å². The Labute approximate surface area is 417 Å². The third kappa shape index (κ3) is 12.6. The van der Waals surface area contributed by atoms with Gasteiger partial charge >= 0.3 is 6.09 Å². The van der Waals surface area contributed by atoms with Crippen molar-refractivity contribution in [2.75, 3.05) is 10.2 Å². The van der Waals surface area contributed by atoms with Crippen LogP contribution in [0.15, 0.2) is 152 Å². The number of aromatic nitrogens is 8. The van der Waals surface area contributed by atoms with Gasteiger partial charge < -0.3 is 30.1 Å². The molecule has 0 fully saturated rings. The van der Waals surface area contributed by atoms with Crippen LogP contribution in [-0.4, -0.2) is 56.7 Å². The van der Waals surface area contributed by atoms with Gasteiger partial charge in [0.2, 0.25) is 0 Å². The quantitative estimate of drug-likeness (QED) is 0.0836.